The second-order valence-corrected chi connectivity index (χ2v) is 5.51. The Hall–Kier alpha value is -2.07. The van der Waals surface area contributed by atoms with Gasteiger partial charge in [0.25, 0.3) is 0 Å². The van der Waals surface area contributed by atoms with Crippen molar-refractivity contribution in [1.29, 1.82) is 0 Å². The normalized spacial score (nSPS) is 10.8. The van der Waals surface area contributed by atoms with Crippen LogP contribution >= 0.6 is 11.8 Å². The van der Waals surface area contributed by atoms with E-state index < -0.39 is 0 Å². The second kappa shape index (κ2) is 5.51. The van der Waals surface area contributed by atoms with Crippen molar-refractivity contribution in [3.8, 4) is 0 Å². The lowest BCUT2D eigenvalue weighted by Crippen LogP contribution is -1.90. The molecule has 0 saturated heterocycles. The van der Waals surface area contributed by atoms with Gasteiger partial charge in [-0.1, -0.05) is 6.07 Å². The number of thioether (sulfide) groups is 1. The molecule has 2 N–H and O–H groups in total. The van der Waals surface area contributed by atoms with E-state index in [0.717, 1.165) is 27.4 Å². The summed E-state index contributed by atoms with van der Waals surface area (Å²) >= 11 is 1.68. The molecule has 1 heterocycles. The highest BCUT2D eigenvalue weighted by atomic mass is 32.2. The van der Waals surface area contributed by atoms with Gasteiger partial charge in [0.2, 0.25) is 0 Å². The zero-order chi connectivity index (χ0) is 13.9. The summed E-state index contributed by atoms with van der Waals surface area (Å²) in [5.41, 5.74) is 8.18. The zero-order valence-corrected chi connectivity index (χ0v) is 11.5. The van der Waals surface area contributed by atoms with Gasteiger partial charge in [-0.3, -0.25) is 4.98 Å². The van der Waals surface area contributed by atoms with Crippen LogP contribution in [0.15, 0.2) is 59.6 Å². The van der Waals surface area contributed by atoms with E-state index in [2.05, 4.69) is 4.98 Å². The van der Waals surface area contributed by atoms with Crippen LogP contribution in [0.3, 0.4) is 0 Å². The number of nitrogens with zero attached hydrogens (tertiary/aromatic N) is 1. The van der Waals surface area contributed by atoms with Crippen LogP contribution in [0.1, 0.15) is 5.56 Å². The Kier molecular flexibility index (Phi) is 3.56. The predicted molar refractivity (Wildman–Crippen MR) is 82.1 cm³/mol. The summed E-state index contributed by atoms with van der Waals surface area (Å²) in [5, 5.41) is 0.572. The first kappa shape index (κ1) is 12.9. The second-order valence-electron chi connectivity index (χ2n) is 4.46. The molecule has 2 aromatic carbocycles. The fourth-order valence-electron chi connectivity index (χ4n) is 2.04. The van der Waals surface area contributed by atoms with E-state index >= 15 is 0 Å². The fourth-order valence-corrected chi connectivity index (χ4v) is 2.92. The summed E-state index contributed by atoms with van der Waals surface area (Å²) in [7, 11) is 0. The fraction of sp³-hybridized carbons (Fsp3) is 0.0625. The molecule has 0 saturated carbocycles. The van der Waals surface area contributed by atoms with Crippen LogP contribution in [0.5, 0.6) is 0 Å². The first-order chi connectivity index (χ1) is 9.74. The number of fused-ring (bicyclic) bond motifs is 1. The van der Waals surface area contributed by atoms with Crippen LogP contribution in [0.25, 0.3) is 10.9 Å². The van der Waals surface area contributed by atoms with Crippen LogP contribution in [0, 0.1) is 5.82 Å². The highest BCUT2D eigenvalue weighted by Gasteiger charge is 2.07. The first-order valence-corrected chi connectivity index (χ1v) is 7.23. The number of nitrogens with two attached hydrogens (primary N) is 1. The van der Waals surface area contributed by atoms with Crippen LogP contribution in [0.4, 0.5) is 10.1 Å². The van der Waals surface area contributed by atoms with Crippen molar-refractivity contribution in [2.45, 2.75) is 10.6 Å². The van der Waals surface area contributed by atoms with E-state index in [1.54, 1.807) is 36.2 Å². The van der Waals surface area contributed by atoms with Gasteiger partial charge in [-0.2, -0.15) is 0 Å². The minimum absolute atomic E-state index is 0.227. The maximum absolute atomic E-state index is 13.7. The van der Waals surface area contributed by atoms with Crippen LogP contribution in [-0.2, 0) is 5.75 Å². The van der Waals surface area contributed by atoms with Gasteiger partial charge in [0.05, 0.1) is 5.52 Å². The number of hydrogen-bond acceptors (Lipinski definition) is 3. The SMILES string of the molecule is Nc1ccc(SCc2ccc(F)c3cccnc23)cc1. The number of hydrogen-bond donors (Lipinski definition) is 1. The van der Waals surface area contributed by atoms with E-state index in [0.29, 0.717) is 5.39 Å². The van der Waals surface area contributed by atoms with E-state index in [9.17, 15) is 4.39 Å². The van der Waals surface area contributed by atoms with Gasteiger partial charge >= 0.3 is 0 Å². The smallest absolute Gasteiger partial charge is 0.132 e. The number of pyridine rings is 1. The summed E-state index contributed by atoms with van der Waals surface area (Å²) in [6, 6.07) is 14.5. The van der Waals surface area contributed by atoms with E-state index in [4.69, 9.17) is 5.73 Å². The Labute approximate surface area is 120 Å². The van der Waals surface area contributed by atoms with Gasteiger partial charge in [0.1, 0.15) is 5.82 Å². The molecule has 1 aromatic heterocycles. The Morgan fingerprint density at radius 2 is 1.85 bits per heavy atom. The molecule has 0 spiro atoms. The summed E-state index contributed by atoms with van der Waals surface area (Å²) in [4.78, 5) is 5.43. The number of nitrogen functional groups attached to an aromatic ring is 1. The molecular formula is C16H13FN2S. The molecule has 0 atom stereocenters. The molecule has 0 amide bonds. The number of benzene rings is 2. The number of rotatable bonds is 3. The maximum atomic E-state index is 13.7. The third-order valence-corrected chi connectivity index (χ3v) is 4.14. The number of aromatic nitrogens is 1. The highest BCUT2D eigenvalue weighted by Crippen LogP contribution is 2.27. The number of anilines is 1. The molecule has 20 heavy (non-hydrogen) atoms. The van der Waals surface area contributed by atoms with Crippen molar-refractivity contribution in [2.24, 2.45) is 0 Å². The van der Waals surface area contributed by atoms with Gasteiger partial charge < -0.3 is 5.73 Å². The summed E-state index contributed by atoms with van der Waals surface area (Å²) in [6.07, 6.45) is 1.69. The Bertz CT molecular complexity index is 741. The molecule has 0 unspecified atom stereocenters. The minimum Gasteiger partial charge on any atom is -0.399 e. The van der Waals surface area contributed by atoms with Gasteiger partial charge in [-0.25, -0.2) is 4.39 Å². The van der Waals surface area contributed by atoms with Gasteiger partial charge in [0.15, 0.2) is 0 Å². The Morgan fingerprint density at radius 3 is 2.65 bits per heavy atom. The van der Waals surface area contributed by atoms with E-state index in [1.165, 1.54) is 6.07 Å². The predicted octanol–water partition coefficient (Wildman–Crippen LogP) is 4.25. The van der Waals surface area contributed by atoms with Gasteiger partial charge in [-0.15, -0.1) is 11.8 Å². The standard InChI is InChI=1S/C16H13FN2S/c17-15-8-3-11(16-14(15)2-1-9-19-16)10-20-13-6-4-12(18)5-7-13/h1-9H,10,18H2. The molecule has 2 nitrogen and oxygen atoms in total. The van der Waals surface area contributed by atoms with Crippen molar-refractivity contribution >= 4 is 28.4 Å². The monoisotopic (exact) mass is 284 g/mol. The third kappa shape index (κ3) is 2.60. The topological polar surface area (TPSA) is 38.9 Å². The lowest BCUT2D eigenvalue weighted by molar-refractivity contribution is 0.639. The van der Waals surface area contributed by atoms with Gasteiger partial charge in [0, 0.05) is 27.9 Å². The lowest BCUT2D eigenvalue weighted by Gasteiger charge is -2.06. The molecule has 0 radical (unpaired) electrons. The maximum Gasteiger partial charge on any atom is 0.132 e. The summed E-state index contributed by atoms with van der Waals surface area (Å²) < 4.78 is 13.7. The lowest BCUT2D eigenvalue weighted by atomic mass is 10.1. The summed E-state index contributed by atoms with van der Waals surface area (Å²) in [6.45, 7) is 0. The first-order valence-electron chi connectivity index (χ1n) is 6.24. The zero-order valence-electron chi connectivity index (χ0n) is 10.7. The molecule has 100 valence electrons. The quantitative estimate of drug-likeness (QED) is 0.577. The molecule has 0 aliphatic carbocycles. The molecule has 3 rings (SSSR count). The molecule has 0 aliphatic rings. The number of halogens is 1. The molecule has 4 heteroatoms. The van der Waals surface area contributed by atoms with E-state index in [-0.39, 0.29) is 5.82 Å². The summed E-state index contributed by atoms with van der Waals surface area (Å²) in [5.74, 6) is 0.520. The van der Waals surface area contributed by atoms with Gasteiger partial charge in [-0.05, 0) is 48.0 Å². The van der Waals surface area contributed by atoms with Crippen molar-refractivity contribution in [3.05, 3.63) is 66.1 Å². The van der Waals surface area contributed by atoms with Crippen LogP contribution < -0.4 is 5.73 Å². The molecule has 0 aliphatic heterocycles. The average molecular weight is 284 g/mol. The van der Waals surface area contributed by atoms with Crippen molar-refractivity contribution in [3.63, 3.8) is 0 Å². The largest absolute Gasteiger partial charge is 0.399 e. The molecule has 3 aromatic rings. The molecule has 0 fully saturated rings. The van der Waals surface area contributed by atoms with E-state index in [1.807, 2.05) is 24.3 Å². The van der Waals surface area contributed by atoms with Crippen LogP contribution in [0.2, 0.25) is 0 Å². The van der Waals surface area contributed by atoms with Crippen LogP contribution in [-0.4, -0.2) is 4.98 Å². The minimum atomic E-state index is -0.227. The van der Waals surface area contributed by atoms with Crippen molar-refractivity contribution in [2.75, 3.05) is 5.73 Å². The Balaban J connectivity index is 1.88. The third-order valence-electron chi connectivity index (χ3n) is 3.07. The van der Waals surface area contributed by atoms with Crippen molar-refractivity contribution in [1.82, 2.24) is 4.98 Å². The Morgan fingerprint density at radius 1 is 1.05 bits per heavy atom. The highest BCUT2D eigenvalue weighted by molar-refractivity contribution is 7.98. The van der Waals surface area contributed by atoms with Crippen molar-refractivity contribution < 1.29 is 4.39 Å². The molecular weight excluding hydrogens is 271 g/mol. The molecule has 0 bridgehead atoms. The average Bonchev–Trinajstić information content (AvgIpc) is 2.49.